The Morgan fingerprint density at radius 3 is 2.87 bits per heavy atom. The number of pyridine rings is 1. The first-order chi connectivity index (χ1) is 7.29. The summed E-state index contributed by atoms with van der Waals surface area (Å²) in [5, 5.41) is 4.30. The fraction of sp³-hybridized carbons (Fsp3) is 0.182. The van der Waals surface area contributed by atoms with Gasteiger partial charge in [-0.3, -0.25) is 9.67 Å². The Labute approximate surface area is 87.6 Å². The van der Waals surface area contributed by atoms with E-state index in [4.69, 9.17) is 0 Å². The minimum absolute atomic E-state index is 0.333. The van der Waals surface area contributed by atoms with Crippen molar-refractivity contribution in [1.82, 2.24) is 14.8 Å². The Hall–Kier alpha value is -1.71. The van der Waals surface area contributed by atoms with Crippen LogP contribution in [0.2, 0.25) is 0 Å². The number of hydrogen-bond donors (Lipinski definition) is 0. The zero-order chi connectivity index (χ0) is 10.7. The number of aromatic nitrogens is 3. The average molecular weight is 204 g/mol. The summed E-state index contributed by atoms with van der Waals surface area (Å²) in [6, 6.07) is 4.87. The standard InChI is InChI=1S/C11H11FN3/c1-2-6-15-7-5-11(14-15)10-4-3-9(12)8-13-10/h2-5,7-8H,6H2,1H3. The first kappa shape index (κ1) is 9.83. The minimum atomic E-state index is -0.333. The second-order valence-corrected chi connectivity index (χ2v) is 3.19. The number of halogens is 1. The molecule has 0 aliphatic rings. The van der Waals surface area contributed by atoms with Crippen molar-refractivity contribution in [3.05, 3.63) is 42.8 Å². The first-order valence-corrected chi connectivity index (χ1v) is 4.73. The third-order valence-corrected chi connectivity index (χ3v) is 2.00. The molecular weight excluding hydrogens is 193 g/mol. The Morgan fingerprint density at radius 1 is 1.33 bits per heavy atom. The molecule has 2 rings (SSSR count). The largest absolute Gasteiger partial charge is 0.272 e. The van der Waals surface area contributed by atoms with Gasteiger partial charge in [-0.05, 0) is 24.6 Å². The second kappa shape index (κ2) is 4.21. The number of hydrogen-bond acceptors (Lipinski definition) is 2. The summed E-state index contributed by atoms with van der Waals surface area (Å²) in [4.78, 5) is 3.96. The number of rotatable bonds is 3. The second-order valence-electron chi connectivity index (χ2n) is 3.19. The highest BCUT2D eigenvalue weighted by Gasteiger charge is 2.03. The van der Waals surface area contributed by atoms with Gasteiger partial charge in [-0.2, -0.15) is 5.10 Å². The van der Waals surface area contributed by atoms with Gasteiger partial charge in [0.05, 0.1) is 11.9 Å². The van der Waals surface area contributed by atoms with Crippen LogP contribution in [0.25, 0.3) is 11.4 Å². The highest BCUT2D eigenvalue weighted by atomic mass is 19.1. The molecule has 0 amide bonds. The van der Waals surface area contributed by atoms with Crippen LogP contribution in [-0.2, 0) is 6.54 Å². The van der Waals surface area contributed by atoms with Gasteiger partial charge in [0.2, 0.25) is 0 Å². The van der Waals surface area contributed by atoms with E-state index in [-0.39, 0.29) is 5.82 Å². The Balaban J connectivity index is 2.25. The lowest BCUT2D eigenvalue weighted by molar-refractivity contribution is 0.621. The van der Waals surface area contributed by atoms with Crippen LogP contribution >= 0.6 is 0 Å². The molecule has 0 aliphatic carbocycles. The minimum Gasteiger partial charge on any atom is -0.272 e. The van der Waals surface area contributed by atoms with Crippen molar-refractivity contribution in [3.63, 3.8) is 0 Å². The SMILES string of the molecule is C[CH]Cn1ccc(-c2ccc(F)cn2)n1. The quantitative estimate of drug-likeness (QED) is 0.768. The molecule has 0 unspecified atom stereocenters. The summed E-state index contributed by atoms with van der Waals surface area (Å²) in [6.45, 7) is 2.73. The molecule has 4 heteroatoms. The monoisotopic (exact) mass is 204 g/mol. The molecule has 0 fully saturated rings. The van der Waals surface area contributed by atoms with Crippen molar-refractivity contribution in [2.24, 2.45) is 0 Å². The molecular formula is C11H11FN3. The summed E-state index contributed by atoms with van der Waals surface area (Å²) in [5.41, 5.74) is 1.45. The molecule has 0 spiro atoms. The van der Waals surface area contributed by atoms with Crippen molar-refractivity contribution in [2.45, 2.75) is 13.5 Å². The van der Waals surface area contributed by atoms with Crippen LogP contribution in [0.15, 0.2) is 30.6 Å². The van der Waals surface area contributed by atoms with Crippen LogP contribution in [0, 0.1) is 12.2 Å². The van der Waals surface area contributed by atoms with E-state index in [0.29, 0.717) is 5.69 Å². The Morgan fingerprint density at radius 2 is 2.20 bits per heavy atom. The predicted octanol–water partition coefficient (Wildman–Crippen LogP) is 2.31. The number of nitrogens with zero attached hydrogens (tertiary/aromatic N) is 3. The molecule has 1 radical (unpaired) electrons. The fourth-order valence-electron chi connectivity index (χ4n) is 1.31. The molecule has 2 aromatic rings. The molecule has 0 atom stereocenters. The smallest absolute Gasteiger partial charge is 0.141 e. The van der Waals surface area contributed by atoms with Crippen molar-refractivity contribution < 1.29 is 4.39 Å². The van der Waals surface area contributed by atoms with Gasteiger partial charge >= 0.3 is 0 Å². The lowest BCUT2D eigenvalue weighted by Gasteiger charge is -1.97. The molecule has 0 bridgehead atoms. The lowest BCUT2D eigenvalue weighted by atomic mass is 10.3. The van der Waals surface area contributed by atoms with Crippen LogP contribution in [0.5, 0.6) is 0 Å². The topological polar surface area (TPSA) is 30.7 Å². The maximum absolute atomic E-state index is 12.6. The maximum Gasteiger partial charge on any atom is 0.141 e. The van der Waals surface area contributed by atoms with E-state index in [1.54, 1.807) is 10.7 Å². The van der Waals surface area contributed by atoms with Crippen molar-refractivity contribution in [3.8, 4) is 11.4 Å². The van der Waals surface area contributed by atoms with Crippen molar-refractivity contribution in [2.75, 3.05) is 0 Å². The third-order valence-electron chi connectivity index (χ3n) is 2.00. The highest BCUT2D eigenvalue weighted by molar-refractivity contribution is 5.52. The maximum atomic E-state index is 12.6. The van der Waals surface area contributed by atoms with E-state index >= 15 is 0 Å². The van der Waals surface area contributed by atoms with Crippen LogP contribution in [0.4, 0.5) is 4.39 Å². The van der Waals surface area contributed by atoms with Gasteiger partial charge in [-0.15, -0.1) is 0 Å². The van der Waals surface area contributed by atoms with E-state index in [1.165, 1.54) is 12.3 Å². The molecule has 0 aromatic carbocycles. The molecule has 2 heterocycles. The normalized spacial score (nSPS) is 10.5. The fourth-order valence-corrected chi connectivity index (χ4v) is 1.31. The predicted molar refractivity (Wildman–Crippen MR) is 55.4 cm³/mol. The zero-order valence-corrected chi connectivity index (χ0v) is 8.39. The summed E-state index contributed by atoms with van der Waals surface area (Å²) in [6.07, 6.45) is 5.08. The molecule has 2 aromatic heterocycles. The van der Waals surface area contributed by atoms with Gasteiger partial charge in [-0.1, -0.05) is 6.92 Å². The Bertz CT molecular complexity index is 433. The molecule has 0 N–H and O–H groups in total. The van der Waals surface area contributed by atoms with Crippen LogP contribution < -0.4 is 0 Å². The molecule has 15 heavy (non-hydrogen) atoms. The van der Waals surface area contributed by atoms with Gasteiger partial charge in [0.25, 0.3) is 0 Å². The summed E-state index contributed by atoms with van der Waals surface area (Å²) in [7, 11) is 0. The highest BCUT2D eigenvalue weighted by Crippen LogP contribution is 2.13. The van der Waals surface area contributed by atoms with E-state index in [1.807, 2.05) is 25.6 Å². The average Bonchev–Trinajstić information content (AvgIpc) is 2.68. The van der Waals surface area contributed by atoms with Gasteiger partial charge in [0.15, 0.2) is 0 Å². The van der Waals surface area contributed by atoms with Crippen molar-refractivity contribution in [1.29, 1.82) is 0 Å². The Kier molecular flexibility index (Phi) is 2.76. The third kappa shape index (κ3) is 2.21. The first-order valence-electron chi connectivity index (χ1n) is 4.73. The summed E-state index contributed by atoms with van der Waals surface area (Å²) >= 11 is 0. The van der Waals surface area contributed by atoms with E-state index in [0.717, 1.165) is 12.2 Å². The molecule has 77 valence electrons. The molecule has 0 saturated carbocycles. The van der Waals surface area contributed by atoms with Crippen LogP contribution in [0.1, 0.15) is 6.92 Å². The van der Waals surface area contributed by atoms with Crippen LogP contribution in [-0.4, -0.2) is 14.8 Å². The summed E-state index contributed by atoms with van der Waals surface area (Å²) in [5.74, 6) is -0.333. The van der Waals surface area contributed by atoms with E-state index in [2.05, 4.69) is 10.1 Å². The van der Waals surface area contributed by atoms with Gasteiger partial charge in [0.1, 0.15) is 11.5 Å². The van der Waals surface area contributed by atoms with Crippen LogP contribution in [0.3, 0.4) is 0 Å². The van der Waals surface area contributed by atoms with E-state index in [9.17, 15) is 4.39 Å². The zero-order valence-electron chi connectivity index (χ0n) is 8.39. The van der Waals surface area contributed by atoms with Gasteiger partial charge in [-0.25, -0.2) is 4.39 Å². The molecule has 0 aliphatic heterocycles. The van der Waals surface area contributed by atoms with Crippen molar-refractivity contribution >= 4 is 0 Å². The van der Waals surface area contributed by atoms with Gasteiger partial charge in [0, 0.05) is 12.7 Å². The lowest BCUT2D eigenvalue weighted by Crippen LogP contribution is -1.97. The molecule has 0 saturated heterocycles. The van der Waals surface area contributed by atoms with E-state index < -0.39 is 0 Å². The molecule has 3 nitrogen and oxygen atoms in total. The summed E-state index contributed by atoms with van der Waals surface area (Å²) < 4.78 is 14.4. The van der Waals surface area contributed by atoms with Gasteiger partial charge < -0.3 is 0 Å².